The van der Waals surface area contributed by atoms with Crippen LogP contribution < -0.4 is 4.74 Å². The fraction of sp³-hybridized carbons (Fsp3) is 0.188. The van der Waals surface area contributed by atoms with Gasteiger partial charge in [-0.15, -0.1) is 0 Å². The topological polar surface area (TPSA) is 26.3 Å². The Morgan fingerprint density at radius 1 is 1.11 bits per heavy atom. The van der Waals surface area contributed by atoms with Gasteiger partial charge in [0.25, 0.3) is 0 Å². The summed E-state index contributed by atoms with van der Waals surface area (Å²) in [6.07, 6.45) is 0.573. The lowest BCUT2D eigenvalue weighted by Crippen LogP contribution is -2.11. The molecule has 0 aliphatic carbocycles. The summed E-state index contributed by atoms with van der Waals surface area (Å²) >= 11 is 5.76. The summed E-state index contributed by atoms with van der Waals surface area (Å²) in [5.74, 6) is 0.303. The molecule has 0 spiro atoms. The SMILES string of the molecule is COc1ccccc1C(Cc1ccccc1)C(=O)Cl. The van der Waals surface area contributed by atoms with Crippen LogP contribution in [-0.4, -0.2) is 12.4 Å². The van der Waals surface area contributed by atoms with Crippen LogP contribution in [0.25, 0.3) is 0 Å². The molecule has 19 heavy (non-hydrogen) atoms. The van der Waals surface area contributed by atoms with Crippen LogP contribution >= 0.6 is 11.6 Å². The summed E-state index contributed by atoms with van der Waals surface area (Å²) in [7, 11) is 1.59. The Kier molecular flexibility index (Phi) is 4.58. The Balaban J connectivity index is 2.33. The van der Waals surface area contributed by atoms with Gasteiger partial charge in [0.15, 0.2) is 0 Å². The third-order valence-corrected chi connectivity index (χ3v) is 3.33. The third kappa shape index (κ3) is 3.36. The normalized spacial score (nSPS) is 11.9. The second-order valence-corrected chi connectivity index (χ2v) is 4.66. The number of ether oxygens (including phenoxy) is 1. The molecule has 0 N–H and O–H groups in total. The first-order valence-electron chi connectivity index (χ1n) is 6.08. The first kappa shape index (κ1) is 13.6. The number of carbonyl (C=O) groups is 1. The van der Waals surface area contributed by atoms with Crippen LogP contribution in [0.2, 0.25) is 0 Å². The highest BCUT2D eigenvalue weighted by molar-refractivity contribution is 6.64. The lowest BCUT2D eigenvalue weighted by Gasteiger charge is -2.16. The third-order valence-electron chi connectivity index (χ3n) is 3.07. The van der Waals surface area contributed by atoms with Crippen LogP contribution in [0.5, 0.6) is 5.75 Å². The molecule has 1 unspecified atom stereocenters. The van der Waals surface area contributed by atoms with Crippen molar-refractivity contribution in [1.29, 1.82) is 0 Å². The lowest BCUT2D eigenvalue weighted by atomic mass is 9.92. The van der Waals surface area contributed by atoms with E-state index in [1.54, 1.807) is 7.11 Å². The van der Waals surface area contributed by atoms with Gasteiger partial charge in [0.05, 0.1) is 13.0 Å². The number of methoxy groups -OCH3 is 1. The van der Waals surface area contributed by atoms with Crippen molar-refractivity contribution in [3.63, 3.8) is 0 Å². The fourth-order valence-electron chi connectivity index (χ4n) is 2.12. The van der Waals surface area contributed by atoms with E-state index in [1.165, 1.54) is 0 Å². The first-order chi connectivity index (χ1) is 9.22. The van der Waals surface area contributed by atoms with Crippen molar-refractivity contribution in [3.8, 4) is 5.75 Å². The maximum atomic E-state index is 11.7. The fourth-order valence-corrected chi connectivity index (χ4v) is 2.31. The molecule has 0 aliphatic rings. The van der Waals surface area contributed by atoms with E-state index in [1.807, 2.05) is 54.6 Å². The number of hydrogen-bond donors (Lipinski definition) is 0. The van der Waals surface area contributed by atoms with Crippen molar-refractivity contribution in [1.82, 2.24) is 0 Å². The van der Waals surface area contributed by atoms with E-state index in [-0.39, 0.29) is 11.2 Å². The smallest absolute Gasteiger partial charge is 0.229 e. The molecule has 0 radical (unpaired) electrons. The van der Waals surface area contributed by atoms with Crippen LogP contribution in [-0.2, 0) is 11.2 Å². The Labute approximate surface area is 118 Å². The zero-order chi connectivity index (χ0) is 13.7. The van der Waals surface area contributed by atoms with Crippen molar-refractivity contribution < 1.29 is 9.53 Å². The molecule has 98 valence electrons. The van der Waals surface area contributed by atoms with Gasteiger partial charge in [-0.3, -0.25) is 4.79 Å². The number of para-hydroxylation sites is 1. The summed E-state index contributed by atoms with van der Waals surface area (Å²) in [4.78, 5) is 11.7. The summed E-state index contributed by atoms with van der Waals surface area (Å²) in [5, 5.41) is -0.367. The van der Waals surface area contributed by atoms with E-state index in [0.29, 0.717) is 12.2 Å². The monoisotopic (exact) mass is 274 g/mol. The standard InChI is InChI=1S/C16H15ClO2/c1-19-15-10-6-5-9-13(15)14(16(17)18)11-12-7-3-2-4-8-12/h2-10,14H,11H2,1H3. The predicted molar refractivity (Wildman–Crippen MR) is 76.7 cm³/mol. The number of halogens is 1. The molecular formula is C16H15ClO2. The van der Waals surface area contributed by atoms with Gasteiger partial charge >= 0.3 is 0 Å². The molecule has 0 bridgehead atoms. The molecule has 0 heterocycles. The van der Waals surface area contributed by atoms with Crippen molar-refractivity contribution >= 4 is 16.8 Å². The molecule has 1 atom stereocenters. The second-order valence-electron chi connectivity index (χ2n) is 4.29. The van der Waals surface area contributed by atoms with E-state index in [4.69, 9.17) is 16.3 Å². The molecule has 0 aliphatic heterocycles. The second kappa shape index (κ2) is 6.39. The van der Waals surface area contributed by atoms with Gasteiger partial charge in [-0.1, -0.05) is 48.5 Å². The van der Waals surface area contributed by atoms with Crippen LogP contribution in [0.1, 0.15) is 17.0 Å². The number of rotatable bonds is 5. The minimum Gasteiger partial charge on any atom is -0.496 e. The molecule has 0 saturated heterocycles. The van der Waals surface area contributed by atoms with E-state index in [0.717, 1.165) is 11.1 Å². The average Bonchev–Trinajstić information content (AvgIpc) is 2.45. The van der Waals surface area contributed by atoms with E-state index >= 15 is 0 Å². The Bertz CT molecular complexity index is 552. The van der Waals surface area contributed by atoms with Crippen molar-refractivity contribution in [2.75, 3.05) is 7.11 Å². The van der Waals surface area contributed by atoms with Gasteiger partial charge in [0, 0.05) is 5.56 Å². The quantitative estimate of drug-likeness (QED) is 0.776. The highest BCUT2D eigenvalue weighted by Gasteiger charge is 2.22. The van der Waals surface area contributed by atoms with Crippen molar-refractivity contribution in [2.24, 2.45) is 0 Å². The van der Waals surface area contributed by atoms with Gasteiger partial charge in [0.1, 0.15) is 5.75 Å². The molecule has 3 heteroatoms. The minimum absolute atomic E-state index is 0.367. The van der Waals surface area contributed by atoms with Crippen LogP contribution in [0.15, 0.2) is 54.6 Å². The molecular weight excluding hydrogens is 260 g/mol. The average molecular weight is 275 g/mol. The summed E-state index contributed by atoms with van der Waals surface area (Å²) in [6, 6.07) is 17.3. The lowest BCUT2D eigenvalue weighted by molar-refractivity contribution is -0.113. The summed E-state index contributed by atoms with van der Waals surface area (Å²) in [6.45, 7) is 0. The van der Waals surface area contributed by atoms with Crippen molar-refractivity contribution in [3.05, 3.63) is 65.7 Å². The van der Waals surface area contributed by atoms with Crippen LogP contribution in [0, 0.1) is 0 Å². The predicted octanol–water partition coefficient (Wildman–Crippen LogP) is 3.79. The van der Waals surface area contributed by atoms with Crippen LogP contribution in [0.4, 0.5) is 0 Å². The minimum atomic E-state index is -0.389. The molecule has 2 aromatic rings. The van der Waals surface area contributed by atoms with E-state index < -0.39 is 0 Å². The highest BCUT2D eigenvalue weighted by Crippen LogP contribution is 2.30. The molecule has 0 saturated carbocycles. The van der Waals surface area contributed by atoms with E-state index in [2.05, 4.69) is 0 Å². The zero-order valence-electron chi connectivity index (χ0n) is 10.7. The van der Waals surface area contributed by atoms with E-state index in [9.17, 15) is 4.79 Å². The van der Waals surface area contributed by atoms with Gasteiger partial charge < -0.3 is 4.74 Å². The van der Waals surface area contributed by atoms with Gasteiger partial charge in [-0.2, -0.15) is 0 Å². The first-order valence-corrected chi connectivity index (χ1v) is 6.46. The Morgan fingerprint density at radius 3 is 2.37 bits per heavy atom. The maximum absolute atomic E-state index is 11.7. The molecule has 2 nitrogen and oxygen atoms in total. The Morgan fingerprint density at radius 2 is 1.74 bits per heavy atom. The molecule has 0 aromatic heterocycles. The van der Waals surface area contributed by atoms with Gasteiger partial charge in [0.2, 0.25) is 5.24 Å². The van der Waals surface area contributed by atoms with Gasteiger partial charge in [-0.05, 0) is 29.7 Å². The number of benzene rings is 2. The molecule has 2 aromatic carbocycles. The molecule has 0 amide bonds. The number of hydrogen-bond acceptors (Lipinski definition) is 2. The van der Waals surface area contributed by atoms with Gasteiger partial charge in [-0.25, -0.2) is 0 Å². The zero-order valence-corrected chi connectivity index (χ0v) is 11.4. The number of carbonyl (C=O) groups excluding carboxylic acids is 1. The highest BCUT2D eigenvalue weighted by atomic mass is 35.5. The Hall–Kier alpha value is -1.80. The van der Waals surface area contributed by atoms with Crippen molar-refractivity contribution in [2.45, 2.75) is 12.3 Å². The molecule has 2 rings (SSSR count). The molecule has 0 fully saturated rings. The maximum Gasteiger partial charge on any atom is 0.229 e. The van der Waals surface area contributed by atoms with Crippen LogP contribution in [0.3, 0.4) is 0 Å². The summed E-state index contributed by atoms with van der Waals surface area (Å²) < 4.78 is 5.30. The summed E-state index contributed by atoms with van der Waals surface area (Å²) in [5.41, 5.74) is 1.90. The largest absolute Gasteiger partial charge is 0.496 e.